The van der Waals surface area contributed by atoms with E-state index in [1.165, 1.54) is 0 Å². The minimum absolute atomic E-state index is 0.779. The van der Waals surface area contributed by atoms with Gasteiger partial charge in [0, 0.05) is 6.54 Å². The highest BCUT2D eigenvalue weighted by atomic mass is 79.9. The lowest BCUT2D eigenvalue weighted by molar-refractivity contribution is 0.824. The average molecular weight is 237 g/mol. The highest BCUT2D eigenvalue weighted by molar-refractivity contribution is 9.10. The van der Waals surface area contributed by atoms with Crippen molar-refractivity contribution in [2.45, 2.75) is 6.54 Å². The van der Waals surface area contributed by atoms with Gasteiger partial charge < -0.3 is 4.57 Å². The van der Waals surface area contributed by atoms with E-state index in [0.717, 1.165) is 22.3 Å². The van der Waals surface area contributed by atoms with E-state index in [2.05, 4.69) is 38.1 Å². The van der Waals surface area contributed by atoms with E-state index in [4.69, 9.17) is 0 Å². The minimum Gasteiger partial charge on any atom is -0.315 e. The zero-order valence-electron chi connectivity index (χ0n) is 7.07. The first-order valence-corrected chi connectivity index (χ1v) is 4.84. The molecule has 2 aromatic rings. The van der Waals surface area contributed by atoms with Crippen molar-refractivity contribution in [1.82, 2.24) is 9.55 Å². The molecule has 0 amide bonds. The summed E-state index contributed by atoms with van der Waals surface area (Å²) in [6.45, 7) is 4.49. The van der Waals surface area contributed by atoms with E-state index in [0.29, 0.717) is 0 Å². The molecule has 0 fully saturated rings. The topological polar surface area (TPSA) is 17.8 Å². The molecule has 0 bridgehead atoms. The van der Waals surface area contributed by atoms with Gasteiger partial charge in [-0.1, -0.05) is 18.2 Å². The summed E-state index contributed by atoms with van der Waals surface area (Å²) < 4.78 is 2.93. The van der Waals surface area contributed by atoms with Crippen molar-refractivity contribution < 1.29 is 0 Å². The maximum Gasteiger partial charge on any atom is 0.178 e. The third kappa shape index (κ3) is 1.40. The number of hydrogen-bond acceptors (Lipinski definition) is 1. The Hall–Kier alpha value is -1.09. The smallest absolute Gasteiger partial charge is 0.178 e. The molecule has 1 aromatic carbocycles. The van der Waals surface area contributed by atoms with Gasteiger partial charge in [0.2, 0.25) is 0 Å². The Morgan fingerprint density at radius 2 is 2.23 bits per heavy atom. The van der Waals surface area contributed by atoms with Gasteiger partial charge in [-0.05, 0) is 28.1 Å². The molecule has 1 aromatic heterocycles. The molecule has 0 radical (unpaired) electrons. The highest BCUT2D eigenvalue weighted by Gasteiger charge is 2.04. The summed E-state index contributed by atoms with van der Waals surface area (Å²) in [7, 11) is 0. The molecule has 0 aliphatic carbocycles. The summed E-state index contributed by atoms with van der Waals surface area (Å²) in [4.78, 5) is 4.36. The molecule has 13 heavy (non-hydrogen) atoms. The van der Waals surface area contributed by atoms with Crippen molar-refractivity contribution in [1.29, 1.82) is 0 Å². The largest absolute Gasteiger partial charge is 0.315 e. The maximum absolute atomic E-state index is 4.36. The molecular weight excluding hydrogens is 228 g/mol. The van der Waals surface area contributed by atoms with Gasteiger partial charge in [-0.15, -0.1) is 6.58 Å². The summed E-state index contributed by atoms with van der Waals surface area (Å²) >= 11 is 3.41. The molecule has 1 heterocycles. The molecule has 0 atom stereocenters. The molecule has 66 valence electrons. The Morgan fingerprint density at radius 1 is 1.46 bits per heavy atom. The zero-order chi connectivity index (χ0) is 9.26. The van der Waals surface area contributed by atoms with E-state index < -0.39 is 0 Å². The second kappa shape index (κ2) is 3.34. The first-order chi connectivity index (χ1) is 6.33. The van der Waals surface area contributed by atoms with Crippen LogP contribution >= 0.6 is 15.9 Å². The number of allylic oxidation sites excluding steroid dienone is 1. The van der Waals surface area contributed by atoms with Crippen LogP contribution in [-0.2, 0) is 6.54 Å². The van der Waals surface area contributed by atoms with Gasteiger partial charge in [0.05, 0.1) is 11.0 Å². The Kier molecular flexibility index (Phi) is 2.19. The van der Waals surface area contributed by atoms with Crippen LogP contribution in [0.2, 0.25) is 0 Å². The zero-order valence-corrected chi connectivity index (χ0v) is 8.66. The molecule has 0 spiro atoms. The number of aromatic nitrogens is 2. The summed E-state index contributed by atoms with van der Waals surface area (Å²) in [6.07, 6.45) is 1.86. The number of nitrogens with zero attached hydrogens (tertiary/aromatic N) is 2. The number of rotatable bonds is 2. The Balaban J connectivity index is 2.70. The van der Waals surface area contributed by atoms with Crippen molar-refractivity contribution in [3.05, 3.63) is 41.7 Å². The number of hydrogen-bond donors (Lipinski definition) is 0. The molecule has 0 aliphatic rings. The molecule has 3 heteroatoms. The van der Waals surface area contributed by atoms with E-state index in [9.17, 15) is 0 Å². The highest BCUT2D eigenvalue weighted by Crippen LogP contribution is 2.19. The van der Waals surface area contributed by atoms with Gasteiger partial charge >= 0.3 is 0 Å². The third-order valence-corrected chi connectivity index (χ3v) is 2.53. The van der Waals surface area contributed by atoms with Gasteiger partial charge in [0.1, 0.15) is 0 Å². The van der Waals surface area contributed by atoms with Crippen molar-refractivity contribution in [3.63, 3.8) is 0 Å². The molecule has 0 saturated heterocycles. The lowest BCUT2D eigenvalue weighted by Gasteiger charge is -1.99. The van der Waals surface area contributed by atoms with Crippen LogP contribution in [0.3, 0.4) is 0 Å². The van der Waals surface area contributed by atoms with Gasteiger partial charge in [0.25, 0.3) is 0 Å². The summed E-state index contributed by atoms with van der Waals surface area (Å²) in [5.41, 5.74) is 2.14. The fourth-order valence-electron chi connectivity index (χ4n) is 1.35. The van der Waals surface area contributed by atoms with Gasteiger partial charge in [-0.3, -0.25) is 0 Å². The first-order valence-electron chi connectivity index (χ1n) is 4.04. The fraction of sp³-hybridized carbons (Fsp3) is 0.100. The van der Waals surface area contributed by atoms with Crippen LogP contribution in [0, 0.1) is 0 Å². The van der Waals surface area contributed by atoms with E-state index in [1.807, 2.05) is 24.3 Å². The van der Waals surface area contributed by atoms with Gasteiger partial charge in [0.15, 0.2) is 4.73 Å². The lowest BCUT2D eigenvalue weighted by Crippen LogP contribution is -1.94. The molecule has 0 aliphatic heterocycles. The van der Waals surface area contributed by atoms with Crippen LogP contribution in [0.5, 0.6) is 0 Å². The minimum atomic E-state index is 0.779. The molecule has 0 N–H and O–H groups in total. The predicted octanol–water partition coefficient (Wildman–Crippen LogP) is 2.98. The number of fused-ring (bicyclic) bond motifs is 1. The van der Waals surface area contributed by atoms with Gasteiger partial charge in [-0.25, -0.2) is 4.98 Å². The van der Waals surface area contributed by atoms with Crippen LogP contribution in [0.4, 0.5) is 0 Å². The molecule has 2 rings (SSSR count). The second-order valence-electron chi connectivity index (χ2n) is 2.77. The predicted molar refractivity (Wildman–Crippen MR) is 57.6 cm³/mol. The van der Waals surface area contributed by atoms with Crippen LogP contribution in [0.25, 0.3) is 11.0 Å². The summed E-state index contributed by atoms with van der Waals surface area (Å²) in [5.74, 6) is 0. The number of benzene rings is 1. The van der Waals surface area contributed by atoms with Crippen molar-refractivity contribution in [3.8, 4) is 0 Å². The van der Waals surface area contributed by atoms with Crippen LogP contribution in [0.1, 0.15) is 0 Å². The third-order valence-electron chi connectivity index (χ3n) is 1.92. The van der Waals surface area contributed by atoms with Crippen molar-refractivity contribution in [2.75, 3.05) is 0 Å². The van der Waals surface area contributed by atoms with E-state index in [1.54, 1.807) is 0 Å². The van der Waals surface area contributed by atoms with Crippen LogP contribution in [-0.4, -0.2) is 9.55 Å². The van der Waals surface area contributed by atoms with Crippen molar-refractivity contribution >= 4 is 27.0 Å². The normalized spacial score (nSPS) is 10.5. The van der Waals surface area contributed by atoms with Crippen LogP contribution < -0.4 is 0 Å². The molecule has 0 saturated carbocycles. The standard InChI is InChI=1S/C10H9BrN2/c1-2-7-13-9-6-4-3-5-8(9)12-10(13)11/h2-6H,1,7H2. The number of para-hydroxylation sites is 2. The molecular formula is C10H9BrN2. The Bertz CT molecular complexity index is 445. The van der Waals surface area contributed by atoms with Crippen LogP contribution in [0.15, 0.2) is 41.7 Å². The fourth-order valence-corrected chi connectivity index (χ4v) is 1.88. The summed E-state index contributed by atoms with van der Waals surface area (Å²) in [5, 5.41) is 0. The molecule has 2 nitrogen and oxygen atoms in total. The van der Waals surface area contributed by atoms with Crippen molar-refractivity contribution in [2.24, 2.45) is 0 Å². The Morgan fingerprint density at radius 3 is 3.00 bits per heavy atom. The first kappa shape index (κ1) is 8.51. The Labute approximate surface area is 85.0 Å². The average Bonchev–Trinajstić information content (AvgIpc) is 2.44. The second-order valence-corrected chi connectivity index (χ2v) is 3.48. The van der Waals surface area contributed by atoms with Gasteiger partial charge in [-0.2, -0.15) is 0 Å². The lowest BCUT2D eigenvalue weighted by atomic mass is 10.3. The maximum atomic E-state index is 4.36. The molecule has 0 unspecified atom stereocenters. The number of halogens is 1. The van der Waals surface area contributed by atoms with E-state index in [-0.39, 0.29) is 0 Å². The monoisotopic (exact) mass is 236 g/mol. The summed E-state index contributed by atoms with van der Waals surface area (Å²) in [6, 6.07) is 8.05. The quantitative estimate of drug-likeness (QED) is 0.734. The number of imidazole rings is 1. The SMILES string of the molecule is C=CCn1c(Br)nc2ccccc21. The van der Waals surface area contributed by atoms with E-state index >= 15 is 0 Å².